The lowest BCUT2D eigenvalue weighted by molar-refractivity contribution is -0.137. The fourth-order valence-electron chi connectivity index (χ4n) is 4.05. The molecule has 1 amide bonds. The maximum Gasteiger partial charge on any atom is 0.389 e. The number of carbonyl (C=O) groups excluding carboxylic acids is 1. The van der Waals surface area contributed by atoms with E-state index < -0.39 is 42.0 Å². The van der Waals surface area contributed by atoms with E-state index in [1.54, 1.807) is 35.8 Å². The minimum Gasteiger partial charge on any atom is -0.478 e. The number of nitrogens with one attached hydrogen (secondary N) is 1. The van der Waals surface area contributed by atoms with Crippen LogP contribution >= 0.6 is 12.6 Å². The Morgan fingerprint density at radius 1 is 1.18 bits per heavy atom. The second kappa shape index (κ2) is 13.0. The third kappa shape index (κ3) is 7.75. The van der Waals surface area contributed by atoms with E-state index in [9.17, 15) is 27.9 Å². The molecule has 0 spiro atoms. The lowest BCUT2D eigenvalue weighted by atomic mass is 9.98. The third-order valence-electron chi connectivity index (χ3n) is 6.01. The van der Waals surface area contributed by atoms with Gasteiger partial charge in [-0.05, 0) is 43.0 Å². The molecular weight excluding hydrogens is 538 g/mol. The van der Waals surface area contributed by atoms with Gasteiger partial charge in [-0.3, -0.25) is 9.36 Å². The number of hydrogen-bond donors (Lipinski definition) is 3. The van der Waals surface area contributed by atoms with Gasteiger partial charge in [0.1, 0.15) is 5.82 Å². The highest BCUT2D eigenvalue weighted by molar-refractivity contribution is 7.81. The van der Waals surface area contributed by atoms with Crippen LogP contribution in [0.1, 0.15) is 54.0 Å². The van der Waals surface area contributed by atoms with Crippen molar-refractivity contribution in [1.82, 2.24) is 14.9 Å². The zero-order valence-electron chi connectivity index (χ0n) is 21.4. The maximum atomic E-state index is 15.3. The molecule has 0 aliphatic heterocycles. The summed E-state index contributed by atoms with van der Waals surface area (Å²) in [5.74, 6) is -2.38. The molecule has 1 unspecified atom stereocenters. The Hall–Kier alpha value is -3.54. The predicted molar refractivity (Wildman–Crippen MR) is 141 cm³/mol. The Balaban J connectivity index is 1.88. The van der Waals surface area contributed by atoms with Crippen LogP contribution in [-0.2, 0) is 24.3 Å². The molecule has 2 N–H and O–H groups in total. The van der Waals surface area contributed by atoms with Crippen molar-refractivity contribution in [2.45, 2.75) is 57.6 Å². The average Bonchev–Trinajstić information content (AvgIpc) is 3.22. The molecule has 3 aromatic rings. The zero-order valence-corrected chi connectivity index (χ0v) is 22.3. The normalized spacial score (nSPS) is 12.3. The van der Waals surface area contributed by atoms with Gasteiger partial charge in [0.2, 0.25) is 5.91 Å². The highest BCUT2D eigenvalue weighted by Crippen LogP contribution is 2.28. The first-order valence-corrected chi connectivity index (χ1v) is 12.8. The number of amides is 1. The lowest BCUT2D eigenvalue weighted by Gasteiger charge is -2.16. The number of aromatic carboxylic acids is 1. The van der Waals surface area contributed by atoms with E-state index in [0.717, 1.165) is 0 Å². The number of nitrogens with zero attached hydrogens (tertiary/aromatic N) is 2. The second-order valence-corrected chi connectivity index (χ2v) is 9.33. The van der Waals surface area contributed by atoms with Crippen LogP contribution in [0.2, 0.25) is 0 Å². The Kier molecular flexibility index (Phi) is 10.0. The van der Waals surface area contributed by atoms with Crippen LogP contribution in [0.5, 0.6) is 6.01 Å². The van der Waals surface area contributed by atoms with E-state index in [1.165, 1.54) is 18.2 Å². The molecule has 12 heteroatoms. The smallest absolute Gasteiger partial charge is 0.389 e. The number of alkyl halides is 3. The number of hydrogen-bond acceptors (Lipinski definition) is 5. The van der Waals surface area contributed by atoms with Crippen LogP contribution < -0.4 is 10.1 Å². The van der Waals surface area contributed by atoms with E-state index in [2.05, 4.69) is 22.9 Å². The summed E-state index contributed by atoms with van der Waals surface area (Å²) in [7, 11) is 0. The molecule has 0 bridgehead atoms. The van der Waals surface area contributed by atoms with Gasteiger partial charge in [-0.2, -0.15) is 30.8 Å². The topological polar surface area (TPSA) is 93.5 Å². The fourth-order valence-corrected chi connectivity index (χ4v) is 4.27. The molecule has 2 aromatic carbocycles. The van der Waals surface area contributed by atoms with Crippen molar-refractivity contribution in [2.75, 3.05) is 6.61 Å². The number of thiol groups is 1. The standard InChI is InChI=1S/C27H29F4N3O4S/c1-3-21-22(14-32-24(35)23(39)11-12-27(29,30)31)34(26(33-21)38-4-2)15-17-10-9-16(13-20(17)28)18-7-5-6-8-19(18)25(36)37/h5-10,13,23,39H,3-4,11-12,14-15H2,1-2H3,(H,32,35)(H,36,37). The van der Waals surface area contributed by atoms with Gasteiger partial charge in [-0.15, -0.1) is 0 Å². The maximum absolute atomic E-state index is 15.3. The van der Waals surface area contributed by atoms with Gasteiger partial charge in [0.15, 0.2) is 0 Å². The Labute approximate surface area is 228 Å². The monoisotopic (exact) mass is 567 g/mol. The number of carboxylic acid groups (broad SMARTS) is 1. The number of carboxylic acids is 1. The van der Waals surface area contributed by atoms with Crippen molar-refractivity contribution in [3.8, 4) is 17.1 Å². The Morgan fingerprint density at radius 3 is 2.51 bits per heavy atom. The number of imidazole rings is 1. The first-order chi connectivity index (χ1) is 18.4. The Morgan fingerprint density at radius 2 is 1.90 bits per heavy atom. The summed E-state index contributed by atoms with van der Waals surface area (Å²) >= 11 is 4.00. The van der Waals surface area contributed by atoms with Gasteiger partial charge in [-0.25, -0.2) is 9.18 Å². The van der Waals surface area contributed by atoms with Crippen LogP contribution in [-0.4, -0.2) is 44.6 Å². The molecule has 0 aliphatic rings. The molecule has 1 aromatic heterocycles. The number of rotatable bonds is 12. The van der Waals surface area contributed by atoms with Crippen molar-refractivity contribution in [1.29, 1.82) is 0 Å². The molecule has 210 valence electrons. The molecule has 0 fully saturated rings. The molecule has 1 heterocycles. The van der Waals surface area contributed by atoms with Crippen LogP contribution in [0.25, 0.3) is 11.1 Å². The quantitative estimate of drug-likeness (QED) is 0.194. The molecule has 0 aliphatic carbocycles. The van der Waals surface area contributed by atoms with E-state index >= 15 is 4.39 Å². The van der Waals surface area contributed by atoms with Gasteiger partial charge in [-0.1, -0.05) is 37.3 Å². The summed E-state index contributed by atoms with van der Waals surface area (Å²) in [6.45, 7) is 3.78. The van der Waals surface area contributed by atoms with Crippen molar-refractivity contribution in [2.24, 2.45) is 0 Å². The largest absolute Gasteiger partial charge is 0.478 e. The van der Waals surface area contributed by atoms with Crippen molar-refractivity contribution in [3.05, 3.63) is 70.8 Å². The van der Waals surface area contributed by atoms with Gasteiger partial charge in [0.05, 0.1) is 41.9 Å². The summed E-state index contributed by atoms with van der Waals surface area (Å²) in [6.07, 6.45) is -5.53. The third-order valence-corrected chi connectivity index (χ3v) is 6.51. The van der Waals surface area contributed by atoms with Crippen LogP contribution in [0.15, 0.2) is 42.5 Å². The minimum atomic E-state index is -4.39. The molecule has 39 heavy (non-hydrogen) atoms. The van der Waals surface area contributed by atoms with Crippen molar-refractivity contribution < 1.29 is 37.0 Å². The van der Waals surface area contributed by atoms with Gasteiger partial charge < -0.3 is 15.2 Å². The predicted octanol–water partition coefficient (Wildman–Crippen LogP) is 5.65. The number of halogens is 4. The van der Waals surface area contributed by atoms with Gasteiger partial charge >= 0.3 is 12.1 Å². The van der Waals surface area contributed by atoms with Crippen molar-refractivity contribution in [3.63, 3.8) is 0 Å². The number of aryl methyl sites for hydroxylation is 1. The number of benzene rings is 2. The molecule has 3 rings (SSSR count). The highest BCUT2D eigenvalue weighted by atomic mass is 32.1. The van der Waals surface area contributed by atoms with E-state index in [4.69, 9.17) is 4.74 Å². The summed E-state index contributed by atoms with van der Waals surface area (Å²) in [5.41, 5.74) is 2.17. The molecule has 0 radical (unpaired) electrons. The summed E-state index contributed by atoms with van der Waals surface area (Å²) in [5, 5.41) is 10.9. The number of ether oxygens (including phenoxy) is 1. The van der Waals surface area contributed by atoms with Crippen LogP contribution in [0.3, 0.4) is 0 Å². The Bertz CT molecular complexity index is 1330. The summed E-state index contributed by atoms with van der Waals surface area (Å²) in [4.78, 5) is 28.5. The van der Waals surface area contributed by atoms with Crippen LogP contribution in [0.4, 0.5) is 17.6 Å². The first-order valence-electron chi connectivity index (χ1n) is 12.3. The molecule has 0 saturated heterocycles. The minimum absolute atomic E-state index is 0.0153. The lowest BCUT2D eigenvalue weighted by Crippen LogP contribution is -2.33. The van der Waals surface area contributed by atoms with E-state index in [1.807, 2.05) is 6.92 Å². The number of carbonyl (C=O) groups is 2. The van der Waals surface area contributed by atoms with Gasteiger partial charge in [0.25, 0.3) is 6.01 Å². The molecular formula is C27H29F4N3O4S. The molecule has 0 saturated carbocycles. The SMILES string of the molecule is CCOc1nc(CC)c(CNC(=O)C(S)CCC(F)(F)F)n1Cc1ccc(-c2ccccc2C(=O)O)cc1F. The first kappa shape index (κ1) is 30.0. The highest BCUT2D eigenvalue weighted by Gasteiger charge is 2.29. The zero-order chi connectivity index (χ0) is 28.7. The average molecular weight is 568 g/mol. The molecule has 7 nitrogen and oxygen atoms in total. The van der Waals surface area contributed by atoms with Crippen LogP contribution in [0, 0.1) is 5.82 Å². The summed E-state index contributed by atoms with van der Waals surface area (Å²) in [6, 6.07) is 10.9. The second-order valence-electron chi connectivity index (χ2n) is 8.70. The summed E-state index contributed by atoms with van der Waals surface area (Å²) < 4.78 is 60.1. The van der Waals surface area contributed by atoms with Crippen molar-refractivity contribution >= 4 is 24.5 Å². The number of aromatic nitrogens is 2. The van der Waals surface area contributed by atoms with E-state index in [-0.39, 0.29) is 36.8 Å². The van der Waals surface area contributed by atoms with Gasteiger partial charge in [0, 0.05) is 12.0 Å². The molecule has 1 atom stereocenters. The fraction of sp³-hybridized carbons (Fsp3) is 0.370. The van der Waals surface area contributed by atoms with E-state index in [0.29, 0.717) is 28.9 Å².